The molecule has 11 heteroatoms. The van der Waals surface area contributed by atoms with Crippen LogP contribution in [0, 0.1) is 11.8 Å². The molecule has 1 fully saturated rings. The van der Waals surface area contributed by atoms with Crippen molar-refractivity contribution in [3.05, 3.63) is 65.7 Å². The van der Waals surface area contributed by atoms with Gasteiger partial charge in [-0.25, -0.2) is 9.59 Å². The number of hydrogen-bond donors (Lipinski definition) is 0. The normalized spacial score (nSPS) is 17.0. The Hall–Kier alpha value is -3.70. The highest BCUT2D eigenvalue weighted by Crippen LogP contribution is 2.38. The van der Waals surface area contributed by atoms with Crippen LogP contribution in [0.1, 0.15) is 52.0 Å². The van der Waals surface area contributed by atoms with Crippen LogP contribution < -0.4 is 4.74 Å². The fourth-order valence-electron chi connectivity index (χ4n) is 5.38. The summed E-state index contributed by atoms with van der Waals surface area (Å²) < 4.78 is 45.1. The number of carbonyl (C=O) groups excluding carboxylic acids is 2. The molecule has 1 amide bonds. The lowest BCUT2D eigenvalue weighted by Crippen LogP contribution is -2.43. The van der Waals surface area contributed by atoms with Gasteiger partial charge in [-0.15, -0.1) is 0 Å². The molecule has 232 valence electrons. The molecule has 0 saturated carbocycles. The topological polar surface area (TPSA) is 121 Å². The lowest BCUT2D eigenvalue weighted by atomic mass is 9.78. The maximum Gasteiger partial charge on any atom is 0.410 e. The number of ether oxygens (including phenoxy) is 3. The van der Waals surface area contributed by atoms with Crippen LogP contribution in [-0.4, -0.2) is 69.8 Å². The lowest BCUT2D eigenvalue weighted by Gasteiger charge is -2.37. The summed E-state index contributed by atoms with van der Waals surface area (Å²) in [5.41, 5.74) is 1.88. The number of rotatable bonds is 10. The Morgan fingerprint density at radius 1 is 1.00 bits per heavy atom. The maximum atomic E-state index is 12.9. The van der Waals surface area contributed by atoms with Crippen molar-refractivity contribution < 1.29 is 36.4 Å². The largest absolute Gasteiger partial charge is 0.466 e. The van der Waals surface area contributed by atoms with Gasteiger partial charge < -0.3 is 19.1 Å². The third-order valence-corrected chi connectivity index (χ3v) is 7.95. The Balaban J connectivity index is 1.56. The molecule has 0 radical (unpaired) electrons. The summed E-state index contributed by atoms with van der Waals surface area (Å²) in [7, 11) is -2.29. The Morgan fingerprint density at radius 3 is 2.21 bits per heavy atom. The predicted octanol–water partition coefficient (Wildman–Crippen LogP) is 5.84. The van der Waals surface area contributed by atoms with E-state index in [0.717, 1.165) is 17.5 Å². The molecule has 2 aromatic rings. The molecular formula is C32H40N2O8S. The van der Waals surface area contributed by atoms with E-state index in [1.54, 1.807) is 4.90 Å². The maximum absolute atomic E-state index is 12.9. The van der Waals surface area contributed by atoms with Gasteiger partial charge in [0.2, 0.25) is 0 Å². The molecule has 1 unspecified atom stereocenters. The van der Waals surface area contributed by atoms with Crippen LogP contribution >= 0.6 is 0 Å². The standard InChI is InChI=1S/C32H40N2O8S/c1-32(2,3)42-31(36)34-18-15-22(16-19-34)26(17-20-40-43(5,37)38)28-21-27(30(35)39-4)29(33-28)23-11-13-25(14-12-23)41-24-9-7-6-8-10-24/h6-14,22,26H,15-21H2,1-5H3. The number of esters is 1. The van der Waals surface area contributed by atoms with E-state index in [9.17, 15) is 18.0 Å². The van der Waals surface area contributed by atoms with Crippen molar-refractivity contribution in [2.45, 2.75) is 52.1 Å². The number of likely N-dealkylation sites (tertiary alicyclic amines) is 1. The first kappa shape index (κ1) is 32.2. The molecule has 10 nitrogen and oxygen atoms in total. The van der Waals surface area contributed by atoms with Gasteiger partial charge >= 0.3 is 12.1 Å². The average Bonchev–Trinajstić information content (AvgIpc) is 3.40. The summed E-state index contributed by atoms with van der Waals surface area (Å²) in [6.07, 6.45) is 2.70. The van der Waals surface area contributed by atoms with E-state index < -0.39 is 21.7 Å². The minimum atomic E-state index is -3.63. The second-order valence-electron chi connectivity index (χ2n) is 11.8. The first-order valence-electron chi connectivity index (χ1n) is 14.4. The van der Waals surface area contributed by atoms with Crippen molar-refractivity contribution in [3.63, 3.8) is 0 Å². The number of hydrogen-bond acceptors (Lipinski definition) is 9. The Kier molecular flexibility index (Phi) is 10.3. The summed E-state index contributed by atoms with van der Waals surface area (Å²) in [5.74, 6) is 0.817. The predicted molar refractivity (Wildman–Crippen MR) is 163 cm³/mol. The van der Waals surface area contributed by atoms with E-state index in [4.69, 9.17) is 23.4 Å². The minimum Gasteiger partial charge on any atom is -0.466 e. The third-order valence-electron chi connectivity index (χ3n) is 7.35. The van der Waals surface area contributed by atoms with Crippen molar-refractivity contribution in [3.8, 4) is 11.5 Å². The molecule has 0 bridgehead atoms. The van der Waals surface area contributed by atoms with E-state index in [1.807, 2.05) is 75.4 Å². The number of amides is 1. The molecule has 2 aliphatic rings. The zero-order valence-electron chi connectivity index (χ0n) is 25.4. The molecule has 1 saturated heterocycles. The van der Waals surface area contributed by atoms with Crippen molar-refractivity contribution >= 4 is 33.6 Å². The van der Waals surface area contributed by atoms with Crippen LogP contribution in [0.5, 0.6) is 11.5 Å². The molecule has 2 heterocycles. The summed E-state index contributed by atoms with van der Waals surface area (Å²) in [5, 5.41) is 0. The third kappa shape index (κ3) is 9.14. The van der Waals surface area contributed by atoms with Crippen molar-refractivity contribution in [1.82, 2.24) is 4.90 Å². The van der Waals surface area contributed by atoms with Crippen molar-refractivity contribution in [2.24, 2.45) is 16.8 Å². The summed E-state index contributed by atoms with van der Waals surface area (Å²) in [4.78, 5) is 32.2. The first-order chi connectivity index (χ1) is 20.3. The van der Waals surface area contributed by atoms with Crippen molar-refractivity contribution in [2.75, 3.05) is 33.1 Å². The molecule has 43 heavy (non-hydrogen) atoms. The van der Waals surface area contributed by atoms with Gasteiger partial charge in [-0.2, -0.15) is 8.42 Å². The van der Waals surface area contributed by atoms with Crippen molar-refractivity contribution in [1.29, 1.82) is 0 Å². The number of nitrogens with zero attached hydrogens (tertiary/aromatic N) is 2. The zero-order chi connectivity index (χ0) is 31.2. The molecule has 1 atom stereocenters. The van der Waals surface area contributed by atoms with Crippen LogP contribution in [0.3, 0.4) is 0 Å². The van der Waals surface area contributed by atoms with Gasteiger partial charge in [0.25, 0.3) is 10.1 Å². The Labute approximate surface area is 253 Å². The van der Waals surface area contributed by atoms with E-state index in [0.29, 0.717) is 55.1 Å². The first-order valence-corrected chi connectivity index (χ1v) is 16.2. The summed E-state index contributed by atoms with van der Waals surface area (Å²) >= 11 is 0. The van der Waals surface area contributed by atoms with Gasteiger partial charge in [-0.1, -0.05) is 18.2 Å². The van der Waals surface area contributed by atoms with Gasteiger partial charge in [-0.3, -0.25) is 9.18 Å². The SMILES string of the molecule is COC(=O)C1=C(c2ccc(Oc3ccccc3)cc2)N=C(C(CCOS(C)(=O)=O)C2CCN(C(=O)OC(C)(C)C)CC2)C1. The van der Waals surface area contributed by atoms with Crippen LogP contribution in [0.15, 0.2) is 65.2 Å². The fourth-order valence-corrected chi connectivity index (χ4v) is 5.78. The molecule has 4 rings (SSSR count). The second kappa shape index (κ2) is 13.7. The van der Waals surface area contributed by atoms with Crippen LogP contribution in [0.2, 0.25) is 0 Å². The van der Waals surface area contributed by atoms with E-state index in [-0.39, 0.29) is 31.0 Å². The number of carbonyl (C=O) groups is 2. The Bertz CT molecular complexity index is 1450. The fraction of sp³-hybridized carbons (Fsp3) is 0.469. The molecular weight excluding hydrogens is 572 g/mol. The van der Waals surface area contributed by atoms with Gasteiger partial charge in [0.1, 0.15) is 17.1 Å². The molecule has 2 aliphatic heterocycles. The second-order valence-corrected chi connectivity index (χ2v) is 13.4. The Morgan fingerprint density at radius 2 is 1.63 bits per heavy atom. The molecule has 0 aromatic heterocycles. The molecule has 2 aromatic carbocycles. The molecule has 0 N–H and O–H groups in total. The van der Waals surface area contributed by atoms with E-state index in [1.165, 1.54) is 7.11 Å². The number of methoxy groups -OCH3 is 1. The highest BCUT2D eigenvalue weighted by atomic mass is 32.2. The van der Waals surface area contributed by atoms with Gasteiger partial charge in [-0.05, 0) is 82.3 Å². The highest BCUT2D eigenvalue weighted by Gasteiger charge is 2.36. The van der Waals surface area contributed by atoms with Gasteiger partial charge in [0, 0.05) is 36.7 Å². The summed E-state index contributed by atoms with van der Waals surface area (Å²) in [6, 6.07) is 16.8. The van der Waals surface area contributed by atoms with Crippen LogP contribution in [0.4, 0.5) is 4.79 Å². The number of aliphatic imine (C=N–C) groups is 1. The zero-order valence-corrected chi connectivity index (χ0v) is 26.2. The van der Waals surface area contributed by atoms with E-state index >= 15 is 0 Å². The monoisotopic (exact) mass is 612 g/mol. The number of para-hydroxylation sites is 1. The van der Waals surface area contributed by atoms with Crippen LogP contribution in [0.25, 0.3) is 5.70 Å². The number of benzene rings is 2. The average molecular weight is 613 g/mol. The smallest absolute Gasteiger partial charge is 0.410 e. The van der Waals surface area contributed by atoms with Gasteiger partial charge in [0.15, 0.2) is 0 Å². The number of piperidine rings is 1. The highest BCUT2D eigenvalue weighted by molar-refractivity contribution is 7.85. The lowest BCUT2D eigenvalue weighted by molar-refractivity contribution is -0.136. The molecule has 0 spiro atoms. The summed E-state index contributed by atoms with van der Waals surface area (Å²) in [6.45, 7) is 6.50. The van der Waals surface area contributed by atoms with Crippen LogP contribution in [-0.2, 0) is 28.6 Å². The quantitative estimate of drug-likeness (QED) is 0.243. The van der Waals surface area contributed by atoms with Gasteiger partial charge in [0.05, 0.1) is 31.2 Å². The van der Waals surface area contributed by atoms with E-state index in [2.05, 4.69) is 0 Å². The molecule has 0 aliphatic carbocycles. The minimum absolute atomic E-state index is 0.0107.